The second kappa shape index (κ2) is 8.88. The van der Waals surface area contributed by atoms with Crippen LogP contribution in [0.3, 0.4) is 0 Å². The minimum atomic E-state index is -4.36. The van der Waals surface area contributed by atoms with Gasteiger partial charge in [0.2, 0.25) is 5.91 Å². The van der Waals surface area contributed by atoms with E-state index in [9.17, 15) is 18.0 Å². The predicted molar refractivity (Wildman–Crippen MR) is 93.6 cm³/mol. The average molecular weight is 384 g/mol. The molecule has 26 heavy (non-hydrogen) atoms. The first-order chi connectivity index (χ1) is 12.3. The predicted octanol–water partition coefficient (Wildman–Crippen LogP) is 3.45. The van der Waals surface area contributed by atoms with E-state index in [1.807, 2.05) is 11.5 Å². The van der Waals surface area contributed by atoms with E-state index in [-0.39, 0.29) is 18.2 Å². The Labute approximate surface area is 153 Å². The van der Waals surface area contributed by atoms with E-state index in [1.54, 1.807) is 6.08 Å². The summed E-state index contributed by atoms with van der Waals surface area (Å²) in [5, 5.41) is 11.5. The maximum Gasteiger partial charge on any atom is 0.416 e. The lowest BCUT2D eigenvalue weighted by molar-refractivity contribution is -0.137. The maximum atomic E-state index is 12.5. The van der Waals surface area contributed by atoms with Gasteiger partial charge >= 0.3 is 6.18 Å². The van der Waals surface area contributed by atoms with E-state index in [2.05, 4.69) is 22.1 Å². The molecule has 1 aromatic carbocycles. The number of carbonyl (C=O) groups excluding carboxylic acids is 1. The molecule has 1 N–H and O–H groups in total. The Kier molecular flexibility index (Phi) is 6.84. The van der Waals surface area contributed by atoms with E-state index in [4.69, 9.17) is 0 Å². The maximum absolute atomic E-state index is 12.5. The molecule has 1 amide bonds. The van der Waals surface area contributed by atoms with Gasteiger partial charge in [-0.25, -0.2) is 0 Å². The highest BCUT2D eigenvalue weighted by Crippen LogP contribution is 2.29. The van der Waals surface area contributed by atoms with Crippen LogP contribution in [0.15, 0.2) is 42.1 Å². The number of amides is 1. The Morgan fingerprint density at radius 1 is 1.31 bits per heavy atom. The van der Waals surface area contributed by atoms with Crippen molar-refractivity contribution < 1.29 is 18.0 Å². The summed E-state index contributed by atoms with van der Waals surface area (Å²) in [6.45, 7) is 6.39. The summed E-state index contributed by atoms with van der Waals surface area (Å²) in [6, 6.07) is 4.70. The van der Waals surface area contributed by atoms with Crippen LogP contribution < -0.4 is 5.32 Å². The SMILES string of the molecule is C=CCn1c(CC)nnc1SCC(=O)NCc1ccc(C(F)(F)F)cc1. The number of thioether (sulfide) groups is 1. The lowest BCUT2D eigenvalue weighted by Crippen LogP contribution is -2.24. The number of halogens is 3. The van der Waals surface area contributed by atoms with Crippen LogP contribution in [0, 0.1) is 0 Å². The minimum Gasteiger partial charge on any atom is -0.351 e. The Morgan fingerprint density at radius 3 is 2.58 bits per heavy atom. The highest BCUT2D eigenvalue weighted by atomic mass is 32.2. The number of aryl methyl sites for hydroxylation is 1. The zero-order valence-electron chi connectivity index (χ0n) is 14.2. The van der Waals surface area contributed by atoms with E-state index in [1.165, 1.54) is 23.9 Å². The molecule has 140 valence electrons. The first-order valence-corrected chi connectivity index (χ1v) is 8.92. The van der Waals surface area contributed by atoms with Crippen LogP contribution in [-0.4, -0.2) is 26.4 Å². The lowest BCUT2D eigenvalue weighted by atomic mass is 10.1. The normalized spacial score (nSPS) is 11.4. The van der Waals surface area contributed by atoms with Gasteiger partial charge in [-0.2, -0.15) is 13.2 Å². The minimum absolute atomic E-state index is 0.139. The molecule has 2 rings (SSSR count). The first-order valence-electron chi connectivity index (χ1n) is 7.93. The third-order valence-electron chi connectivity index (χ3n) is 3.52. The molecule has 0 unspecified atom stereocenters. The third kappa shape index (κ3) is 5.35. The van der Waals surface area contributed by atoms with Crippen LogP contribution in [0.5, 0.6) is 0 Å². The molecule has 5 nitrogen and oxygen atoms in total. The van der Waals surface area contributed by atoms with Crippen molar-refractivity contribution in [3.05, 3.63) is 53.9 Å². The Morgan fingerprint density at radius 2 is 2.00 bits per heavy atom. The highest BCUT2D eigenvalue weighted by Gasteiger charge is 2.29. The van der Waals surface area contributed by atoms with Crippen molar-refractivity contribution >= 4 is 17.7 Å². The molecule has 0 bridgehead atoms. The summed E-state index contributed by atoms with van der Waals surface area (Å²) in [7, 11) is 0. The summed E-state index contributed by atoms with van der Waals surface area (Å²) >= 11 is 1.25. The number of hydrogen-bond acceptors (Lipinski definition) is 4. The summed E-state index contributed by atoms with van der Waals surface area (Å²) in [6.07, 6.45) is -1.91. The van der Waals surface area contributed by atoms with Gasteiger partial charge in [0.25, 0.3) is 0 Å². The van der Waals surface area contributed by atoms with Crippen molar-refractivity contribution in [2.24, 2.45) is 0 Å². The van der Waals surface area contributed by atoms with Gasteiger partial charge in [-0.3, -0.25) is 4.79 Å². The van der Waals surface area contributed by atoms with Gasteiger partial charge in [-0.15, -0.1) is 16.8 Å². The zero-order chi connectivity index (χ0) is 19.2. The van der Waals surface area contributed by atoms with Crippen LogP contribution in [0.25, 0.3) is 0 Å². The quantitative estimate of drug-likeness (QED) is 0.559. The fourth-order valence-corrected chi connectivity index (χ4v) is 2.99. The van der Waals surface area contributed by atoms with Crippen LogP contribution in [0.1, 0.15) is 23.9 Å². The second-order valence-electron chi connectivity index (χ2n) is 5.41. The van der Waals surface area contributed by atoms with Gasteiger partial charge in [0.15, 0.2) is 5.16 Å². The number of nitrogens with zero attached hydrogens (tertiary/aromatic N) is 3. The number of rotatable bonds is 8. The molecule has 0 fully saturated rings. The van der Waals surface area contributed by atoms with Crippen LogP contribution in [0.2, 0.25) is 0 Å². The number of hydrogen-bond donors (Lipinski definition) is 1. The van der Waals surface area contributed by atoms with Crippen LogP contribution in [0.4, 0.5) is 13.2 Å². The first kappa shape index (κ1) is 20.0. The Hall–Kier alpha value is -2.29. The topological polar surface area (TPSA) is 59.8 Å². The van der Waals surface area contributed by atoms with Gasteiger partial charge in [-0.1, -0.05) is 36.9 Å². The Bertz CT molecular complexity index is 756. The van der Waals surface area contributed by atoms with Crippen molar-refractivity contribution in [3.63, 3.8) is 0 Å². The van der Waals surface area contributed by atoms with E-state index in [0.717, 1.165) is 24.4 Å². The molecule has 1 aromatic heterocycles. The van der Waals surface area contributed by atoms with Gasteiger partial charge < -0.3 is 9.88 Å². The molecule has 1 heterocycles. The van der Waals surface area contributed by atoms with E-state index < -0.39 is 11.7 Å². The molecule has 0 saturated heterocycles. The van der Waals surface area contributed by atoms with Gasteiger partial charge in [0, 0.05) is 19.5 Å². The smallest absolute Gasteiger partial charge is 0.351 e. The van der Waals surface area contributed by atoms with E-state index >= 15 is 0 Å². The van der Waals surface area contributed by atoms with Crippen molar-refractivity contribution in [2.45, 2.75) is 37.8 Å². The molecule has 0 radical (unpaired) electrons. The van der Waals surface area contributed by atoms with Gasteiger partial charge in [0.1, 0.15) is 5.82 Å². The van der Waals surface area contributed by atoms with E-state index in [0.29, 0.717) is 17.3 Å². The summed E-state index contributed by atoms with van der Waals surface area (Å²) in [5.41, 5.74) is -0.115. The van der Waals surface area contributed by atoms with Crippen molar-refractivity contribution in [3.8, 4) is 0 Å². The molecule has 0 aliphatic carbocycles. The van der Waals surface area contributed by atoms with Crippen molar-refractivity contribution in [2.75, 3.05) is 5.75 Å². The monoisotopic (exact) mass is 384 g/mol. The second-order valence-corrected chi connectivity index (χ2v) is 6.35. The molecule has 0 aliphatic heterocycles. The summed E-state index contributed by atoms with van der Waals surface area (Å²) in [4.78, 5) is 12.0. The van der Waals surface area contributed by atoms with Crippen LogP contribution >= 0.6 is 11.8 Å². The zero-order valence-corrected chi connectivity index (χ0v) is 15.0. The van der Waals surface area contributed by atoms with Gasteiger partial charge in [0.05, 0.1) is 11.3 Å². The molecule has 0 saturated carbocycles. The molecular weight excluding hydrogens is 365 g/mol. The number of alkyl halides is 3. The summed E-state index contributed by atoms with van der Waals surface area (Å²) < 4.78 is 39.4. The molecule has 2 aromatic rings. The molecule has 9 heteroatoms. The average Bonchev–Trinajstić information content (AvgIpc) is 3.00. The lowest BCUT2D eigenvalue weighted by Gasteiger charge is -2.09. The van der Waals surface area contributed by atoms with Crippen LogP contribution in [-0.2, 0) is 30.5 Å². The van der Waals surface area contributed by atoms with Crippen molar-refractivity contribution in [1.29, 1.82) is 0 Å². The highest BCUT2D eigenvalue weighted by molar-refractivity contribution is 7.99. The third-order valence-corrected chi connectivity index (χ3v) is 4.49. The summed E-state index contributed by atoms with van der Waals surface area (Å²) in [5.74, 6) is 0.721. The fourth-order valence-electron chi connectivity index (χ4n) is 2.19. The van der Waals surface area contributed by atoms with Gasteiger partial charge in [-0.05, 0) is 17.7 Å². The number of benzene rings is 1. The number of carbonyl (C=O) groups is 1. The number of nitrogens with one attached hydrogen (secondary N) is 1. The van der Waals surface area contributed by atoms with Crippen molar-refractivity contribution in [1.82, 2.24) is 20.1 Å². The largest absolute Gasteiger partial charge is 0.416 e. The number of aromatic nitrogens is 3. The molecule has 0 spiro atoms. The molecular formula is C17H19F3N4OS. The Balaban J connectivity index is 1.86. The molecule has 0 atom stereocenters. The standard InChI is InChI=1S/C17H19F3N4OS/c1-3-9-24-14(4-2)22-23-16(24)26-11-15(25)21-10-12-5-7-13(8-6-12)17(18,19)20/h3,5-8H,1,4,9-11H2,2H3,(H,21,25). The molecule has 0 aliphatic rings. The fraction of sp³-hybridized carbons (Fsp3) is 0.353. The number of allylic oxidation sites excluding steroid dienone is 1.